The Bertz CT molecular complexity index is 1100. The largest absolute Gasteiger partial charge is 0.508 e. The van der Waals surface area contributed by atoms with Crippen molar-refractivity contribution in [1.82, 2.24) is 9.80 Å². The van der Waals surface area contributed by atoms with E-state index in [2.05, 4.69) is 0 Å². The molecule has 2 aliphatic heterocycles. The number of allylic oxidation sites excluding steroid dienone is 2. The lowest BCUT2D eigenvalue weighted by molar-refractivity contribution is -0.141. The molecule has 3 fully saturated rings. The molecule has 0 radical (unpaired) electrons. The average Bonchev–Trinajstić information content (AvgIpc) is 3.09. The topological polar surface area (TPSA) is 95.0 Å². The van der Waals surface area contributed by atoms with Crippen LogP contribution < -0.4 is 0 Å². The van der Waals surface area contributed by atoms with Crippen LogP contribution in [0.5, 0.6) is 5.75 Å². The van der Waals surface area contributed by atoms with E-state index in [1.54, 1.807) is 19.1 Å². The lowest BCUT2D eigenvalue weighted by atomic mass is 9.56. The number of amides is 4. The van der Waals surface area contributed by atoms with E-state index < -0.39 is 45.2 Å². The highest BCUT2D eigenvalue weighted by atomic mass is 35.5. The minimum Gasteiger partial charge on any atom is -0.508 e. The van der Waals surface area contributed by atoms with Crippen LogP contribution >= 0.6 is 23.2 Å². The second kappa shape index (κ2) is 6.81. The molecule has 9 heteroatoms. The van der Waals surface area contributed by atoms with Gasteiger partial charge in [-0.2, -0.15) is 0 Å². The molecule has 6 atom stereocenters. The summed E-state index contributed by atoms with van der Waals surface area (Å²) in [6.07, 6.45) is 2.24. The van der Waals surface area contributed by atoms with Crippen molar-refractivity contribution >= 4 is 46.8 Å². The van der Waals surface area contributed by atoms with Crippen molar-refractivity contribution in [1.29, 1.82) is 0 Å². The van der Waals surface area contributed by atoms with Gasteiger partial charge in [-0.3, -0.25) is 29.0 Å². The molecular formula is C23H22Cl2N2O5. The zero-order valence-corrected chi connectivity index (χ0v) is 19.1. The normalized spacial score (nSPS) is 38.6. The van der Waals surface area contributed by atoms with Crippen LogP contribution in [0.2, 0.25) is 0 Å². The quantitative estimate of drug-likeness (QED) is 0.401. The summed E-state index contributed by atoms with van der Waals surface area (Å²) in [6, 6.07) is 6.25. The van der Waals surface area contributed by atoms with Crippen LogP contribution in [0.25, 0.3) is 0 Å². The van der Waals surface area contributed by atoms with Crippen molar-refractivity contribution in [3.8, 4) is 5.75 Å². The fraction of sp³-hybridized carbons (Fsp3) is 0.478. The van der Waals surface area contributed by atoms with Gasteiger partial charge in [0.15, 0.2) is 9.75 Å². The Hall–Kier alpha value is -2.38. The molecule has 2 heterocycles. The number of rotatable bonds is 2. The molecule has 1 aromatic carbocycles. The Morgan fingerprint density at radius 1 is 1.03 bits per heavy atom. The van der Waals surface area contributed by atoms with Gasteiger partial charge in [-0.25, -0.2) is 0 Å². The summed E-state index contributed by atoms with van der Waals surface area (Å²) in [5.74, 6) is -4.09. The second-order valence-corrected chi connectivity index (χ2v) is 10.3. The number of phenolic OH excluding ortho intramolecular Hbond substituents is 1. The third-order valence-electron chi connectivity index (χ3n) is 7.65. The number of nitrogens with zero attached hydrogens (tertiary/aromatic N) is 2. The molecule has 2 aliphatic carbocycles. The van der Waals surface area contributed by atoms with Crippen LogP contribution in [0.4, 0.5) is 0 Å². The molecule has 0 unspecified atom stereocenters. The third-order valence-corrected chi connectivity index (χ3v) is 9.06. The first-order valence-electron chi connectivity index (χ1n) is 10.6. The van der Waals surface area contributed by atoms with Gasteiger partial charge in [-0.05, 0) is 43.4 Å². The van der Waals surface area contributed by atoms with Gasteiger partial charge in [0.1, 0.15) is 5.75 Å². The number of hydrogen-bond donors (Lipinski definition) is 1. The SMILES string of the molecule is CCN1C(=O)[C@H]2[C@H](CC=C3[C@H]2C[C@@]2(Cl)C(=O)N(C)C(=O)[C@@]2(Cl)[C@H]3c2ccc(O)cc2)C1=O. The van der Waals surface area contributed by atoms with E-state index in [-0.39, 0.29) is 30.5 Å². The third kappa shape index (κ3) is 2.38. The predicted octanol–water partition coefficient (Wildman–Crippen LogP) is 2.40. The van der Waals surface area contributed by atoms with Gasteiger partial charge in [-0.1, -0.05) is 23.8 Å². The maximum atomic E-state index is 13.3. The standard InChI is InChI=1S/C23H22Cl2N2O5/c1-3-27-18(29)14-9-8-13-15(16(14)19(27)30)10-22(24)20(31)26(2)21(32)23(22,25)17(13)11-4-6-12(28)7-5-11/h4-8,14-17,28H,3,9-10H2,1-2H3/t14-,15+,16-,17-,22+,23-/m0/s1. The Kier molecular flexibility index (Phi) is 4.57. The molecule has 1 aromatic rings. The summed E-state index contributed by atoms with van der Waals surface area (Å²) in [5, 5.41) is 9.78. The van der Waals surface area contributed by atoms with Crippen molar-refractivity contribution in [3.63, 3.8) is 0 Å². The number of carbonyl (C=O) groups is 4. The fourth-order valence-corrected chi connectivity index (χ4v) is 7.18. The zero-order chi connectivity index (χ0) is 23.2. The Morgan fingerprint density at radius 3 is 2.31 bits per heavy atom. The Morgan fingerprint density at radius 2 is 1.69 bits per heavy atom. The highest BCUT2D eigenvalue weighted by molar-refractivity contribution is 6.53. The summed E-state index contributed by atoms with van der Waals surface area (Å²) in [4.78, 5) is 51.3. The van der Waals surface area contributed by atoms with Crippen molar-refractivity contribution in [2.24, 2.45) is 17.8 Å². The van der Waals surface area contributed by atoms with Gasteiger partial charge in [0.05, 0.1) is 11.8 Å². The molecule has 4 amide bonds. The molecule has 0 bridgehead atoms. The van der Waals surface area contributed by atoms with Gasteiger partial charge in [0.25, 0.3) is 11.8 Å². The second-order valence-electron chi connectivity index (χ2n) is 9.01. The molecule has 4 aliphatic rings. The summed E-state index contributed by atoms with van der Waals surface area (Å²) < 4.78 is 0. The van der Waals surface area contributed by atoms with Crippen molar-refractivity contribution < 1.29 is 24.3 Å². The molecule has 2 saturated heterocycles. The van der Waals surface area contributed by atoms with E-state index in [1.165, 1.54) is 24.1 Å². The minimum absolute atomic E-state index is 0.00880. The van der Waals surface area contributed by atoms with Crippen LogP contribution in [0.15, 0.2) is 35.9 Å². The predicted molar refractivity (Wildman–Crippen MR) is 116 cm³/mol. The fourth-order valence-electron chi connectivity index (χ4n) is 6.16. The average molecular weight is 477 g/mol. The smallest absolute Gasteiger partial charge is 0.253 e. The van der Waals surface area contributed by atoms with E-state index >= 15 is 0 Å². The van der Waals surface area contributed by atoms with Crippen molar-refractivity contribution in [2.75, 3.05) is 13.6 Å². The van der Waals surface area contributed by atoms with Gasteiger partial charge in [0.2, 0.25) is 11.8 Å². The first-order chi connectivity index (χ1) is 15.1. The number of benzene rings is 1. The van der Waals surface area contributed by atoms with Crippen LogP contribution in [0.1, 0.15) is 31.2 Å². The van der Waals surface area contributed by atoms with Crippen LogP contribution in [0, 0.1) is 17.8 Å². The lowest BCUT2D eigenvalue weighted by Gasteiger charge is -2.50. The van der Waals surface area contributed by atoms with E-state index in [4.69, 9.17) is 23.2 Å². The highest BCUT2D eigenvalue weighted by Gasteiger charge is 2.75. The summed E-state index contributed by atoms with van der Waals surface area (Å²) in [6.45, 7) is 2.03. The van der Waals surface area contributed by atoms with Crippen molar-refractivity contribution in [3.05, 3.63) is 41.5 Å². The number of fused-ring (bicyclic) bond motifs is 4. The van der Waals surface area contributed by atoms with Gasteiger partial charge < -0.3 is 5.11 Å². The molecule has 0 aromatic heterocycles. The summed E-state index contributed by atoms with van der Waals surface area (Å²) in [7, 11) is 1.36. The zero-order valence-electron chi connectivity index (χ0n) is 17.5. The van der Waals surface area contributed by atoms with Gasteiger partial charge in [-0.15, -0.1) is 23.2 Å². The van der Waals surface area contributed by atoms with Crippen molar-refractivity contribution in [2.45, 2.75) is 35.4 Å². The van der Waals surface area contributed by atoms with E-state index in [0.29, 0.717) is 12.0 Å². The summed E-state index contributed by atoms with van der Waals surface area (Å²) >= 11 is 14.0. The summed E-state index contributed by atoms with van der Waals surface area (Å²) in [5.41, 5.74) is 1.36. The molecule has 1 saturated carbocycles. The molecule has 32 heavy (non-hydrogen) atoms. The number of carbonyl (C=O) groups excluding carboxylic acids is 4. The number of imide groups is 2. The first-order valence-corrected chi connectivity index (χ1v) is 11.4. The van der Waals surface area contributed by atoms with Crippen LogP contribution in [0.3, 0.4) is 0 Å². The molecule has 1 N–H and O–H groups in total. The first kappa shape index (κ1) is 21.5. The lowest BCUT2D eigenvalue weighted by Crippen LogP contribution is -2.60. The number of phenols is 1. The maximum Gasteiger partial charge on any atom is 0.253 e. The van der Waals surface area contributed by atoms with Gasteiger partial charge >= 0.3 is 0 Å². The number of halogens is 2. The molecule has 5 rings (SSSR count). The highest BCUT2D eigenvalue weighted by Crippen LogP contribution is 2.65. The Labute approximate surface area is 194 Å². The number of hydrogen-bond acceptors (Lipinski definition) is 5. The minimum atomic E-state index is -1.79. The molecular weight excluding hydrogens is 455 g/mol. The van der Waals surface area contributed by atoms with Crippen LogP contribution in [-0.2, 0) is 19.2 Å². The Balaban J connectivity index is 1.73. The molecule has 7 nitrogen and oxygen atoms in total. The number of likely N-dealkylation sites (tertiary alicyclic amines) is 2. The maximum absolute atomic E-state index is 13.3. The van der Waals surface area contributed by atoms with E-state index in [0.717, 1.165) is 10.5 Å². The number of alkyl halides is 2. The van der Waals surface area contributed by atoms with E-state index in [1.807, 2.05) is 6.08 Å². The van der Waals surface area contributed by atoms with E-state index in [9.17, 15) is 24.3 Å². The monoisotopic (exact) mass is 476 g/mol. The molecule has 168 valence electrons. The van der Waals surface area contributed by atoms with Gasteiger partial charge in [0, 0.05) is 19.5 Å². The molecule has 0 spiro atoms. The number of aromatic hydroxyl groups is 1. The van der Waals surface area contributed by atoms with Crippen LogP contribution in [-0.4, -0.2) is 61.9 Å².